The summed E-state index contributed by atoms with van der Waals surface area (Å²) >= 11 is 0. The van der Waals surface area contributed by atoms with Crippen LogP contribution in [0.4, 0.5) is 0 Å². The maximum Gasteiger partial charge on any atom is 0.119 e. The third-order valence-corrected chi connectivity index (χ3v) is 6.01. The van der Waals surface area contributed by atoms with Crippen LogP contribution < -0.4 is 10.1 Å². The Morgan fingerprint density at radius 1 is 1.00 bits per heavy atom. The molecule has 0 amide bonds. The summed E-state index contributed by atoms with van der Waals surface area (Å²) in [4.78, 5) is 0. The Bertz CT molecular complexity index is 458. The molecule has 4 aliphatic rings. The molecule has 0 unspecified atom stereocenters. The molecule has 0 saturated heterocycles. The second kappa shape index (κ2) is 5.31. The largest absolute Gasteiger partial charge is 0.493 e. The second-order valence-corrected chi connectivity index (χ2v) is 7.88. The summed E-state index contributed by atoms with van der Waals surface area (Å²) in [5.74, 6) is 4.08. The van der Waals surface area contributed by atoms with E-state index < -0.39 is 0 Å². The molecule has 1 N–H and O–H groups in total. The van der Waals surface area contributed by atoms with Crippen molar-refractivity contribution in [2.75, 3.05) is 13.7 Å². The van der Waals surface area contributed by atoms with Gasteiger partial charge in [0.2, 0.25) is 0 Å². The molecule has 0 aromatic heterocycles. The molecule has 0 aliphatic heterocycles. The van der Waals surface area contributed by atoms with Gasteiger partial charge < -0.3 is 10.1 Å². The molecular formula is C19H27NO. The number of nitrogens with one attached hydrogen (secondary N) is 1. The summed E-state index contributed by atoms with van der Waals surface area (Å²) in [7, 11) is 1.98. The van der Waals surface area contributed by atoms with E-state index in [2.05, 4.69) is 29.6 Å². The first-order valence-corrected chi connectivity index (χ1v) is 8.61. The maximum atomic E-state index is 6.20. The minimum atomic E-state index is 0.512. The van der Waals surface area contributed by atoms with Crippen molar-refractivity contribution in [3.63, 3.8) is 0 Å². The van der Waals surface area contributed by atoms with Crippen molar-refractivity contribution in [1.82, 2.24) is 5.32 Å². The highest BCUT2D eigenvalue weighted by Crippen LogP contribution is 2.59. The first-order chi connectivity index (χ1) is 10.2. The lowest BCUT2D eigenvalue weighted by Gasteiger charge is -2.56. The first kappa shape index (κ1) is 13.6. The van der Waals surface area contributed by atoms with Crippen LogP contribution in [0.5, 0.6) is 5.75 Å². The highest BCUT2D eigenvalue weighted by molar-refractivity contribution is 5.27. The lowest BCUT2D eigenvalue weighted by Crippen LogP contribution is -2.48. The van der Waals surface area contributed by atoms with Crippen LogP contribution in [0.15, 0.2) is 24.3 Å². The topological polar surface area (TPSA) is 21.3 Å². The van der Waals surface area contributed by atoms with E-state index in [4.69, 9.17) is 4.74 Å². The van der Waals surface area contributed by atoms with Crippen LogP contribution in [0.1, 0.15) is 44.1 Å². The molecule has 2 heteroatoms. The van der Waals surface area contributed by atoms with Crippen molar-refractivity contribution < 1.29 is 4.74 Å². The Morgan fingerprint density at radius 3 is 2.10 bits per heavy atom. The number of hydrogen-bond acceptors (Lipinski definition) is 2. The smallest absolute Gasteiger partial charge is 0.119 e. The summed E-state index contributed by atoms with van der Waals surface area (Å²) in [5.41, 5.74) is 1.83. The molecule has 4 fully saturated rings. The molecule has 1 aromatic rings. The Hall–Kier alpha value is -1.02. The molecule has 2 nitrogen and oxygen atoms in total. The van der Waals surface area contributed by atoms with Gasteiger partial charge in [0.15, 0.2) is 0 Å². The summed E-state index contributed by atoms with van der Waals surface area (Å²) in [6.45, 7) is 1.87. The molecule has 21 heavy (non-hydrogen) atoms. The lowest BCUT2D eigenvalue weighted by atomic mass is 9.50. The van der Waals surface area contributed by atoms with Gasteiger partial charge in [-0.1, -0.05) is 12.1 Å². The summed E-state index contributed by atoms with van der Waals surface area (Å²) in [6.07, 6.45) is 8.82. The summed E-state index contributed by atoms with van der Waals surface area (Å²) in [6, 6.07) is 8.61. The van der Waals surface area contributed by atoms with Gasteiger partial charge in [-0.3, -0.25) is 0 Å². The van der Waals surface area contributed by atoms with Gasteiger partial charge in [-0.25, -0.2) is 0 Å². The van der Waals surface area contributed by atoms with Gasteiger partial charge in [0.25, 0.3) is 0 Å². The third kappa shape index (κ3) is 2.70. The zero-order valence-electron chi connectivity index (χ0n) is 13.1. The van der Waals surface area contributed by atoms with Crippen molar-refractivity contribution >= 4 is 0 Å². The standard InChI is InChI=1S/C19H27NO/c1-20-12-14-2-4-18(5-3-14)21-13-19-9-15-6-16(10-19)8-17(7-15)11-19/h2-5,15-17,20H,6-13H2,1H3. The van der Waals surface area contributed by atoms with Gasteiger partial charge in [0.05, 0.1) is 6.61 Å². The molecule has 0 atom stereocenters. The van der Waals surface area contributed by atoms with E-state index in [-0.39, 0.29) is 0 Å². The Balaban J connectivity index is 1.40. The molecule has 0 radical (unpaired) electrons. The Labute approximate surface area is 128 Å². The van der Waals surface area contributed by atoms with Crippen molar-refractivity contribution in [2.24, 2.45) is 23.2 Å². The predicted octanol–water partition coefficient (Wildman–Crippen LogP) is 4.00. The fourth-order valence-electron chi connectivity index (χ4n) is 5.61. The van der Waals surface area contributed by atoms with Gasteiger partial charge in [-0.15, -0.1) is 0 Å². The Morgan fingerprint density at radius 2 is 1.57 bits per heavy atom. The normalized spacial score (nSPS) is 36.9. The van der Waals surface area contributed by atoms with Crippen LogP contribution in [0, 0.1) is 23.2 Å². The highest BCUT2D eigenvalue weighted by Gasteiger charge is 2.51. The van der Waals surface area contributed by atoms with E-state index in [0.717, 1.165) is 36.7 Å². The first-order valence-electron chi connectivity index (χ1n) is 8.61. The summed E-state index contributed by atoms with van der Waals surface area (Å²) < 4.78 is 6.20. The van der Waals surface area contributed by atoms with Crippen LogP contribution in [-0.2, 0) is 6.54 Å². The SMILES string of the molecule is CNCc1ccc(OCC23CC4CC(CC(C4)C2)C3)cc1. The minimum Gasteiger partial charge on any atom is -0.493 e. The van der Waals surface area contributed by atoms with E-state index in [1.54, 1.807) is 0 Å². The quantitative estimate of drug-likeness (QED) is 0.883. The highest BCUT2D eigenvalue weighted by atomic mass is 16.5. The molecule has 114 valence electrons. The predicted molar refractivity (Wildman–Crippen MR) is 85.3 cm³/mol. The third-order valence-electron chi connectivity index (χ3n) is 6.01. The zero-order chi connectivity index (χ0) is 14.3. The van der Waals surface area contributed by atoms with Gasteiger partial charge in [-0.05, 0) is 81.0 Å². The van der Waals surface area contributed by atoms with E-state index in [1.165, 1.54) is 44.1 Å². The molecule has 1 aromatic carbocycles. The van der Waals surface area contributed by atoms with Crippen molar-refractivity contribution in [2.45, 2.75) is 45.1 Å². The van der Waals surface area contributed by atoms with Gasteiger partial charge in [0, 0.05) is 12.0 Å². The second-order valence-electron chi connectivity index (χ2n) is 7.88. The van der Waals surface area contributed by atoms with Crippen molar-refractivity contribution in [1.29, 1.82) is 0 Å². The van der Waals surface area contributed by atoms with Crippen LogP contribution in [-0.4, -0.2) is 13.7 Å². The van der Waals surface area contributed by atoms with Gasteiger partial charge in [0.1, 0.15) is 5.75 Å². The van der Waals surface area contributed by atoms with E-state index in [9.17, 15) is 0 Å². The van der Waals surface area contributed by atoms with Crippen LogP contribution in [0.3, 0.4) is 0 Å². The van der Waals surface area contributed by atoms with E-state index in [0.29, 0.717) is 5.41 Å². The molecule has 0 heterocycles. The molecule has 0 spiro atoms. The van der Waals surface area contributed by atoms with Crippen LogP contribution in [0.2, 0.25) is 0 Å². The minimum absolute atomic E-state index is 0.512. The average molecular weight is 285 g/mol. The Kier molecular flexibility index (Phi) is 3.45. The zero-order valence-corrected chi connectivity index (χ0v) is 13.1. The van der Waals surface area contributed by atoms with Gasteiger partial charge >= 0.3 is 0 Å². The molecular weight excluding hydrogens is 258 g/mol. The molecule has 4 saturated carbocycles. The van der Waals surface area contributed by atoms with Crippen molar-refractivity contribution in [3.8, 4) is 5.75 Å². The molecule has 4 aliphatic carbocycles. The van der Waals surface area contributed by atoms with Crippen LogP contribution in [0.25, 0.3) is 0 Å². The van der Waals surface area contributed by atoms with Crippen LogP contribution >= 0.6 is 0 Å². The fourth-order valence-corrected chi connectivity index (χ4v) is 5.61. The van der Waals surface area contributed by atoms with Crippen molar-refractivity contribution in [3.05, 3.63) is 29.8 Å². The lowest BCUT2D eigenvalue weighted by molar-refractivity contribution is -0.0745. The molecule has 5 rings (SSSR count). The van der Waals surface area contributed by atoms with E-state index >= 15 is 0 Å². The fraction of sp³-hybridized carbons (Fsp3) is 0.684. The number of benzene rings is 1. The average Bonchev–Trinajstić information content (AvgIpc) is 2.46. The number of rotatable bonds is 5. The maximum absolute atomic E-state index is 6.20. The number of ether oxygens (including phenoxy) is 1. The monoisotopic (exact) mass is 285 g/mol. The summed E-state index contributed by atoms with van der Waals surface area (Å²) in [5, 5.41) is 3.18. The van der Waals surface area contributed by atoms with E-state index in [1.807, 2.05) is 7.05 Å². The molecule has 4 bridgehead atoms. The van der Waals surface area contributed by atoms with Gasteiger partial charge in [-0.2, -0.15) is 0 Å². The number of hydrogen-bond donors (Lipinski definition) is 1.